The summed E-state index contributed by atoms with van der Waals surface area (Å²) in [5, 5.41) is 2.20. The molecule has 0 amide bonds. The van der Waals surface area contributed by atoms with E-state index in [0.29, 0.717) is 5.76 Å². The van der Waals surface area contributed by atoms with Crippen LogP contribution in [0.2, 0.25) is 0 Å². The van der Waals surface area contributed by atoms with Crippen LogP contribution in [0.25, 0.3) is 0 Å². The molecule has 1 heterocycles. The summed E-state index contributed by atoms with van der Waals surface area (Å²) in [6.07, 6.45) is -5.92. The van der Waals surface area contributed by atoms with E-state index in [2.05, 4.69) is 5.32 Å². The van der Waals surface area contributed by atoms with Crippen LogP contribution in [0.1, 0.15) is 31.4 Å². The van der Waals surface area contributed by atoms with Crippen molar-refractivity contribution in [1.82, 2.24) is 5.32 Å². The zero-order valence-electron chi connectivity index (χ0n) is 12.3. The first kappa shape index (κ1) is 16.7. The molecule has 0 bridgehead atoms. The molecule has 0 aromatic carbocycles. The summed E-state index contributed by atoms with van der Waals surface area (Å²) in [5.74, 6) is -1.81. The monoisotopic (exact) mass is 319 g/mol. The first-order chi connectivity index (χ1) is 10.1. The summed E-state index contributed by atoms with van der Waals surface area (Å²) in [7, 11) is 0. The first-order valence-corrected chi connectivity index (χ1v) is 6.72. The number of hydrogen-bond donors (Lipinski definition) is 1. The molecule has 122 valence electrons. The molecule has 22 heavy (non-hydrogen) atoms. The van der Waals surface area contributed by atoms with Gasteiger partial charge in [-0.15, -0.1) is 0 Å². The molecule has 2 rings (SSSR count). The highest BCUT2D eigenvalue weighted by Crippen LogP contribution is 2.38. The minimum atomic E-state index is -4.69. The number of Topliss-reactive ketones (excluding diaryl/α,β-unsaturated/α-hetero) is 2. The van der Waals surface area contributed by atoms with Gasteiger partial charge in [0.25, 0.3) is 0 Å². The van der Waals surface area contributed by atoms with Crippen molar-refractivity contribution in [3.63, 3.8) is 0 Å². The maximum absolute atomic E-state index is 13.3. The lowest BCUT2D eigenvalue weighted by atomic mass is 9.71. The van der Waals surface area contributed by atoms with Crippen molar-refractivity contribution in [3.8, 4) is 0 Å². The van der Waals surface area contributed by atoms with Gasteiger partial charge in [0, 0.05) is 6.61 Å². The van der Waals surface area contributed by atoms with Crippen molar-refractivity contribution in [2.75, 3.05) is 6.61 Å². The third-order valence-corrected chi connectivity index (χ3v) is 3.61. The number of ether oxygens (including phenoxy) is 1. The Morgan fingerprint density at radius 2 is 2.05 bits per heavy atom. The van der Waals surface area contributed by atoms with Gasteiger partial charge >= 0.3 is 6.18 Å². The molecule has 1 aromatic heterocycles. The second kappa shape index (κ2) is 5.51. The minimum Gasteiger partial charge on any atom is -0.464 e. The number of hydrogen-bond acceptors (Lipinski definition) is 5. The van der Waals surface area contributed by atoms with Gasteiger partial charge in [-0.1, -0.05) is 0 Å². The van der Waals surface area contributed by atoms with E-state index in [1.807, 2.05) is 0 Å². The molecule has 0 saturated heterocycles. The second-order valence-corrected chi connectivity index (χ2v) is 5.30. The maximum Gasteiger partial charge on any atom is 0.411 e. The number of rotatable bonds is 5. The van der Waals surface area contributed by atoms with Crippen molar-refractivity contribution in [1.29, 1.82) is 0 Å². The van der Waals surface area contributed by atoms with E-state index in [1.165, 1.54) is 26.0 Å². The lowest BCUT2D eigenvalue weighted by molar-refractivity contribution is -0.185. The molecule has 3 atom stereocenters. The summed E-state index contributed by atoms with van der Waals surface area (Å²) in [4.78, 5) is 23.3. The van der Waals surface area contributed by atoms with Crippen molar-refractivity contribution in [3.05, 3.63) is 23.7 Å². The van der Waals surface area contributed by atoms with Crippen LogP contribution in [0, 0.1) is 6.92 Å². The Morgan fingerprint density at radius 1 is 1.41 bits per heavy atom. The fraction of sp³-hybridized carbons (Fsp3) is 0.571. The summed E-state index contributed by atoms with van der Waals surface area (Å²) in [5.41, 5.74) is -1.73. The number of furan rings is 1. The fourth-order valence-electron chi connectivity index (χ4n) is 2.45. The van der Waals surface area contributed by atoms with Gasteiger partial charge in [-0.3, -0.25) is 14.9 Å². The van der Waals surface area contributed by atoms with E-state index in [4.69, 9.17) is 9.15 Å². The Kier molecular flexibility index (Phi) is 4.18. The number of carbonyl (C=O) groups is 2. The van der Waals surface area contributed by atoms with E-state index in [0.717, 1.165) is 0 Å². The predicted octanol–water partition coefficient (Wildman–Crippen LogP) is 2.10. The smallest absolute Gasteiger partial charge is 0.411 e. The van der Waals surface area contributed by atoms with Crippen molar-refractivity contribution in [2.24, 2.45) is 0 Å². The zero-order valence-corrected chi connectivity index (χ0v) is 12.3. The van der Waals surface area contributed by atoms with Crippen molar-refractivity contribution < 1.29 is 31.9 Å². The van der Waals surface area contributed by atoms with E-state index >= 15 is 0 Å². The van der Waals surface area contributed by atoms with Gasteiger partial charge < -0.3 is 9.15 Å². The molecule has 3 unspecified atom stereocenters. The van der Waals surface area contributed by atoms with Gasteiger partial charge in [-0.05, 0) is 32.9 Å². The Bertz CT molecular complexity index is 595. The summed E-state index contributed by atoms with van der Waals surface area (Å²) >= 11 is 0. The van der Waals surface area contributed by atoms with E-state index in [1.54, 1.807) is 6.92 Å². The Labute approximate surface area is 124 Å². The van der Waals surface area contributed by atoms with Crippen molar-refractivity contribution >= 4 is 11.6 Å². The third kappa shape index (κ3) is 2.68. The van der Waals surface area contributed by atoms with Crippen LogP contribution < -0.4 is 5.32 Å². The van der Waals surface area contributed by atoms with Crippen LogP contribution in [0.5, 0.6) is 0 Å². The van der Waals surface area contributed by atoms with Gasteiger partial charge in [-0.2, -0.15) is 13.2 Å². The number of nitrogens with one attached hydrogen (secondary N) is 1. The lowest BCUT2D eigenvalue weighted by Gasteiger charge is -2.45. The first-order valence-electron chi connectivity index (χ1n) is 6.72. The molecule has 1 saturated carbocycles. The lowest BCUT2D eigenvalue weighted by Crippen LogP contribution is -2.75. The summed E-state index contributed by atoms with van der Waals surface area (Å²) in [6.45, 7) is 4.44. The van der Waals surface area contributed by atoms with E-state index in [9.17, 15) is 22.8 Å². The molecule has 1 fully saturated rings. The average molecular weight is 319 g/mol. The molecule has 1 aromatic rings. The molecule has 1 aliphatic carbocycles. The Morgan fingerprint density at radius 3 is 2.50 bits per heavy atom. The number of ketones is 2. The van der Waals surface area contributed by atoms with Gasteiger partial charge in [0.1, 0.15) is 23.2 Å². The molecule has 0 spiro atoms. The van der Waals surface area contributed by atoms with Gasteiger partial charge in [0.05, 0.1) is 0 Å². The Hall–Kier alpha value is -1.67. The SMILES string of the molecule is CCOC1C(=O)C(=O)C1(C)NC(c1ccc(C)o1)C(F)(F)F. The van der Waals surface area contributed by atoms with Crippen LogP contribution in [0.3, 0.4) is 0 Å². The standard InChI is InChI=1S/C14H16F3NO4/c1-4-21-12-9(19)11(20)13(12,3)18-10(14(15,16)17)8-6-5-7(2)22-8/h5-6,10,12,18H,4H2,1-3H3. The summed E-state index contributed by atoms with van der Waals surface area (Å²) < 4.78 is 50.0. The number of aryl methyl sites for hydroxylation is 1. The predicted molar refractivity (Wildman–Crippen MR) is 69.2 cm³/mol. The van der Waals surface area contributed by atoms with Crippen molar-refractivity contribution in [2.45, 2.75) is 44.6 Å². The zero-order chi connectivity index (χ0) is 16.7. The quantitative estimate of drug-likeness (QED) is 0.842. The molecule has 0 aliphatic heterocycles. The van der Waals surface area contributed by atoms with Crippen LogP contribution in [0.4, 0.5) is 13.2 Å². The fourth-order valence-corrected chi connectivity index (χ4v) is 2.45. The van der Waals surface area contributed by atoms with Gasteiger partial charge in [0.15, 0.2) is 6.04 Å². The summed E-state index contributed by atoms with van der Waals surface area (Å²) in [6, 6.07) is 0.377. The van der Waals surface area contributed by atoms with Crippen LogP contribution in [-0.2, 0) is 14.3 Å². The molecule has 8 heteroatoms. The maximum atomic E-state index is 13.3. The van der Waals surface area contributed by atoms with E-state index in [-0.39, 0.29) is 12.4 Å². The molecule has 1 aliphatic rings. The molecular formula is C14H16F3NO4. The second-order valence-electron chi connectivity index (χ2n) is 5.30. The van der Waals surface area contributed by atoms with Crippen LogP contribution in [-0.4, -0.2) is 36.0 Å². The average Bonchev–Trinajstić information content (AvgIpc) is 2.85. The number of halogens is 3. The van der Waals surface area contributed by atoms with Crippen LogP contribution >= 0.6 is 0 Å². The van der Waals surface area contributed by atoms with Gasteiger partial charge in [-0.25, -0.2) is 0 Å². The normalized spacial score (nSPS) is 26.9. The molecule has 5 nitrogen and oxygen atoms in total. The Balaban J connectivity index is 2.31. The number of alkyl halides is 3. The van der Waals surface area contributed by atoms with Gasteiger partial charge in [0.2, 0.25) is 11.6 Å². The van der Waals surface area contributed by atoms with E-state index < -0.39 is 35.4 Å². The molecule has 1 N–H and O–H groups in total. The third-order valence-electron chi connectivity index (χ3n) is 3.61. The minimum absolute atomic E-state index is 0.109. The van der Waals surface area contributed by atoms with Crippen LogP contribution in [0.15, 0.2) is 16.5 Å². The highest BCUT2D eigenvalue weighted by Gasteiger charge is 2.63. The topological polar surface area (TPSA) is 68.5 Å². The number of carbonyl (C=O) groups excluding carboxylic acids is 2. The molecular weight excluding hydrogens is 303 g/mol. The molecule has 0 radical (unpaired) electrons. The highest BCUT2D eigenvalue weighted by molar-refractivity contribution is 6.50. The largest absolute Gasteiger partial charge is 0.464 e. The highest BCUT2D eigenvalue weighted by atomic mass is 19.4.